The van der Waals surface area contributed by atoms with Crippen molar-refractivity contribution in [2.75, 3.05) is 32.1 Å². The molecule has 0 aromatic heterocycles. The number of nitrogen functional groups attached to an aromatic ring is 1. The second-order valence-electron chi connectivity index (χ2n) is 3.97. The number of benzene rings is 1. The Hall–Kier alpha value is -1.64. The number of carbonyl (C=O) groups is 1. The van der Waals surface area contributed by atoms with E-state index in [9.17, 15) is 13.2 Å². The highest BCUT2D eigenvalue weighted by molar-refractivity contribution is 7.90. The molecule has 2 rings (SSSR count). The minimum atomic E-state index is -3.81. The number of anilines is 1. The van der Waals surface area contributed by atoms with E-state index in [0.717, 1.165) is 4.31 Å². The van der Waals surface area contributed by atoms with Gasteiger partial charge in [-0.3, -0.25) is 4.79 Å². The van der Waals surface area contributed by atoms with Gasteiger partial charge in [-0.1, -0.05) is 0 Å². The van der Waals surface area contributed by atoms with E-state index in [0.29, 0.717) is 5.69 Å². The third kappa shape index (κ3) is 2.42. The second kappa shape index (κ2) is 5.16. The molecule has 1 heterocycles. The summed E-state index contributed by atoms with van der Waals surface area (Å²) in [5.41, 5.74) is 5.97. The molecule has 1 aliphatic heterocycles. The van der Waals surface area contributed by atoms with Crippen LogP contribution >= 0.6 is 0 Å². The van der Waals surface area contributed by atoms with Crippen LogP contribution < -0.4 is 5.73 Å². The van der Waals surface area contributed by atoms with Gasteiger partial charge in [0.15, 0.2) is 0 Å². The molecular weight excluding hydrogens is 272 g/mol. The van der Waals surface area contributed by atoms with Crippen molar-refractivity contribution in [3.63, 3.8) is 0 Å². The molecule has 1 aromatic carbocycles. The molecule has 0 spiro atoms. The smallest absolute Gasteiger partial charge is 0.269 e. The predicted octanol–water partition coefficient (Wildman–Crippen LogP) is -0.578. The summed E-state index contributed by atoms with van der Waals surface area (Å²) in [6, 6.07) is 4.12. The number of nitrogens with two attached hydrogens (primary N) is 1. The Morgan fingerprint density at radius 3 is 2.74 bits per heavy atom. The largest absolute Gasteiger partial charge is 0.399 e. The van der Waals surface area contributed by atoms with Gasteiger partial charge in [0.25, 0.3) is 15.9 Å². The fourth-order valence-corrected chi connectivity index (χ4v) is 3.37. The molecule has 3 N–H and O–H groups in total. The van der Waals surface area contributed by atoms with Crippen LogP contribution in [-0.4, -0.2) is 50.1 Å². The summed E-state index contributed by atoms with van der Waals surface area (Å²) in [6.45, 7) is -0.107. The summed E-state index contributed by atoms with van der Waals surface area (Å²) in [5, 5.41) is 8.55. The monoisotopic (exact) mass is 286 g/mol. The van der Waals surface area contributed by atoms with Crippen molar-refractivity contribution in [1.29, 1.82) is 0 Å². The van der Waals surface area contributed by atoms with E-state index >= 15 is 0 Å². The van der Waals surface area contributed by atoms with E-state index in [2.05, 4.69) is 0 Å². The first kappa shape index (κ1) is 13.8. The van der Waals surface area contributed by atoms with Crippen molar-refractivity contribution in [3.05, 3.63) is 23.8 Å². The number of sulfonamides is 1. The van der Waals surface area contributed by atoms with Gasteiger partial charge in [0.1, 0.15) is 4.90 Å². The third-order valence-corrected chi connectivity index (χ3v) is 4.54. The maximum Gasteiger partial charge on any atom is 0.269 e. The second-order valence-corrected chi connectivity index (χ2v) is 5.80. The molecule has 1 aromatic rings. The van der Waals surface area contributed by atoms with E-state index in [1.807, 2.05) is 0 Å². The molecule has 0 fully saturated rings. The van der Waals surface area contributed by atoms with Gasteiger partial charge in [-0.25, -0.2) is 12.7 Å². The van der Waals surface area contributed by atoms with Crippen molar-refractivity contribution in [1.82, 2.24) is 4.31 Å². The quantitative estimate of drug-likeness (QED) is 0.553. The van der Waals surface area contributed by atoms with Crippen molar-refractivity contribution in [2.45, 2.75) is 4.90 Å². The fourth-order valence-electron chi connectivity index (χ4n) is 1.84. The van der Waals surface area contributed by atoms with Gasteiger partial charge in [-0.05, 0) is 18.2 Å². The summed E-state index contributed by atoms with van der Waals surface area (Å²) in [4.78, 5) is 12.0. The highest BCUT2D eigenvalue weighted by Gasteiger charge is 2.40. The zero-order chi connectivity index (χ0) is 14.0. The molecule has 0 radical (unpaired) electrons. The lowest BCUT2D eigenvalue weighted by atomic mass is 10.2. The lowest BCUT2D eigenvalue weighted by Gasteiger charge is -2.14. The minimum absolute atomic E-state index is 0.0335. The van der Waals surface area contributed by atoms with Crippen LogP contribution in [0.3, 0.4) is 0 Å². The predicted molar refractivity (Wildman–Crippen MR) is 67.0 cm³/mol. The number of carbonyl (C=O) groups excluding carboxylic acids is 1. The normalized spacial score (nSPS) is 16.7. The van der Waals surface area contributed by atoms with Crippen LogP contribution in [0.2, 0.25) is 0 Å². The topological polar surface area (TPSA) is 110 Å². The number of nitrogens with zero attached hydrogens (tertiary/aromatic N) is 1. The van der Waals surface area contributed by atoms with E-state index in [1.165, 1.54) is 18.2 Å². The highest BCUT2D eigenvalue weighted by atomic mass is 32.2. The fraction of sp³-hybridized carbons (Fsp3) is 0.364. The van der Waals surface area contributed by atoms with Gasteiger partial charge in [0.05, 0.1) is 31.9 Å². The van der Waals surface area contributed by atoms with E-state index in [1.54, 1.807) is 0 Å². The molecule has 0 saturated carbocycles. The Balaban J connectivity index is 2.23. The molecule has 7 nitrogen and oxygen atoms in total. The zero-order valence-corrected chi connectivity index (χ0v) is 10.9. The standard InChI is InChI=1S/C11H14N2O5S/c12-8-1-2-10-9(7-8)11(15)13(19(10,16)17)3-5-18-6-4-14/h1-2,7,14H,3-6,12H2. The van der Waals surface area contributed by atoms with Gasteiger partial charge in [-0.15, -0.1) is 0 Å². The molecule has 8 heteroatoms. The number of amides is 1. The molecule has 0 aliphatic carbocycles. The van der Waals surface area contributed by atoms with Gasteiger partial charge >= 0.3 is 0 Å². The Kier molecular flexibility index (Phi) is 3.74. The third-order valence-electron chi connectivity index (χ3n) is 2.70. The number of ether oxygens (including phenoxy) is 1. The number of fused-ring (bicyclic) bond motifs is 1. The van der Waals surface area contributed by atoms with Crippen LogP contribution in [0, 0.1) is 0 Å². The molecule has 0 atom stereocenters. The summed E-state index contributed by atoms with van der Waals surface area (Å²) in [7, 11) is -3.81. The Morgan fingerprint density at radius 2 is 2.05 bits per heavy atom. The molecule has 0 saturated heterocycles. The number of hydrogen-bond donors (Lipinski definition) is 2. The van der Waals surface area contributed by atoms with Gasteiger partial charge in [0.2, 0.25) is 0 Å². The maximum absolute atomic E-state index is 12.1. The molecule has 0 unspecified atom stereocenters. The van der Waals surface area contributed by atoms with Crippen molar-refractivity contribution in [3.8, 4) is 0 Å². The Labute approximate surface area is 110 Å². The number of aliphatic hydroxyl groups is 1. The highest BCUT2D eigenvalue weighted by Crippen LogP contribution is 2.31. The number of hydrogen-bond acceptors (Lipinski definition) is 6. The Morgan fingerprint density at radius 1 is 1.32 bits per heavy atom. The first-order valence-corrected chi connectivity index (χ1v) is 7.07. The van der Waals surface area contributed by atoms with Crippen molar-refractivity contribution >= 4 is 21.6 Å². The average molecular weight is 286 g/mol. The molecule has 19 heavy (non-hydrogen) atoms. The lowest BCUT2D eigenvalue weighted by molar-refractivity contribution is 0.0717. The average Bonchev–Trinajstić information content (AvgIpc) is 2.54. The first-order valence-electron chi connectivity index (χ1n) is 5.63. The van der Waals surface area contributed by atoms with Crippen LogP contribution in [0.4, 0.5) is 5.69 Å². The van der Waals surface area contributed by atoms with Crippen molar-refractivity contribution in [2.24, 2.45) is 0 Å². The molecular formula is C11H14N2O5S. The van der Waals surface area contributed by atoms with Crippen molar-refractivity contribution < 1.29 is 23.1 Å². The number of aliphatic hydroxyl groups excluding tert-OH is 1. The molecule has 104 valence electrons. The van der Waals surface area contributed by atoms with Crippen LogP contribution in [0.1, 0.15) is 10.4 Å². The van der Waals surface area contributed by atoms with Gasteiger partial charge in [-0.2, -0.15) is 0 Å². The van der Waals surface area contributed by atoms with Crippen LogP contribution in [0.25, 0.3) is 0 Å². The Bertz CT molecular complexity index is 599. The van der Waals surface area contributed by atoms with E-state index in [-0.39, 0.29) is 36.8 Å². The lowest BCUT2D eigenvalue weighted by Crippen LogP contribution is -2.33. The van der Waals surface area contributed by atoms with E-state index < -0.39 is 15.9 Å². The first-order chi connectivity index (χ1) is 8.98. The maximum atomic E-state index is 12.1. The zero-order valence-electron chi connectivity index (χ0n) is 10.1. The van der Waals surface area contributed by atoms with Gasteiger partial charge in [0, 0.05) is 5.69 Å². The summed E-state index contributed by atoms with van der Waals surface area (Å²) >= 11 is 0. The van der Waals surface area contributed by atoms with Crippen LogP contribution in [0.5, 0.6) is 0 Å². The minimum Gasteiger partial charge on any atom is -0.399 e. The van der Waals surface area contributed by atoms with Crippen LogP contribution in [-0.2, 0) is 14.8 Å². The molecule has 1 aliphatic rings. The SMILES string of the molecule is Nc1ccc2c(c1)C(=O)N(CCOCCO)S2(=O)=O. The van der Waals surface area contributed by atoms with E-state index in [4.69, 9.17) is 15.6 Å². The molecule has 1 amide bonds. The molecule has 0 bridgehead atoms. The summed E-state index contributed by atoms with van der Waals surface area (Å²) in [6.07, 6.45) is 0. The summed E-state index contributed by atoms with van der Waals surface area (Å²) < 4.78 is 30.0. The van der Waals surface area contributed by atoms with Crippen LogP contribution in [0.15, 0.2) is 23.1 Å². The van der Waals surface area contributed by atoms with Gasteiger partial charge < -0.3 is 15.6 Å². The summed E-state index contributed by atoms with van der Waals surface area (Å²) in [5.74, 6) is -0.602. The number of rotatable bonds is 5.